The smallest absolute Gasteiger partial charge is 2.00 e. The van der Waals surface area contributed by atoms with E-state index in [0.717, 1.165) is 0 Å². The molecular weight excluding hydrogens is 2030 g/mol. The molecule has 0 radical (unpaired) electrons. The first-order valence-corrected chi connectivity index (χ1v) is 0. The molecule has 0 amide bonds. The summed E-state index contributed by atoms with van der Waals surface area (Å²) in [4.78, 5) is 0. The number of hydrogen-bond donors (Lipinski definition) is 0. The molecule has 0 atom stereocenters. The van der Waals surface area contributed by atoms with Crippen molar-refractivity contribution in [3.8, 4) is 0 Å². The van der Waals surface area contributed by atoms with Gasteiger partial charge in [0, 0.05) is 0 Å². The van der Waals surface area contributed by atoms with Gasteiger partial charge in [0.05, 0.1) is 0 Å². The minimum atomic E-state index is 0. The van der Waals surface area contributed by atoms with E-state index in [2.05, 4.69) is 0 Å². The van der Waals surface area contributed by atoms with Gasteiger partial charge in [-0.15, -0.1) is 0 Å². The molecule has 0 fully saturated rings. The number of hydrogen-bond acceptors (Lipinski definition) is 0. The van der Waals surface area contributed by atoms with Crippen LogP contribution in [0.4, 0.5) is 0 Å². The van der Waals surface area contributed by atoms with E-state index in [-0.39, 0.29) is 575 Å². The summed E-state index contributed by atoms with van der Waals surface area (Å²) in [7, 11) is 0. The minimum absolute atomic E-state index is 0. The van der Waals surface area contributed by atoms with Crippen molar-refractivity contribution in [3.63, 3.8) is 0 Å². The molecule has 0 heterocycles. The first-order valence-electron chi connectivity index (χ1n) is 0. The topological polar surface area (TPSA) is 1140 Å². The molecule has 320 valence electrons. The van der Waals surface area contributed by atoms with Gasteiger partial charge in [-0.2, -0.15) is 0 Å². The normalized spacial score (nSPS) is 0. The zero-order chi connectivity index (χ0) is 0. The Hall–Kier alpha value is 10.3. The Balaban J connectivity index is 0. The summed E-state index contributed by atoms with van der Waals surface area (Å²) >= 11 is 0. The first kappa shape index (κ1) is 1980. The van der Waals surface area contributed by atoms with E-state index in [9.17, 15) is 0 Å². The molecule has 0 rings (SSSR count). The molecule has 0 aliphatic rings. The maximum Gasteiger partial charge on any atom is 3.00 e. The fourth-order valence-corrected chi connectivity index (χ4v) is 0. The monoisotopic (exact) mass is 2030 g/mol. The maximum atomic E-state index is 0. The fourth-order valence-electron chi connectivity index (χ4n) is 0. The van der Waals surface area contributed by atoms with Crippen molar-refractivity contribution in [3.05, 3.63) is 0 Å². The third kappa shape index (κ3) is 1790. The van der Waals surface area contributed by atoms with Crippen molar-refractivity contribution in [2.45, 2.75) is 0 Å². The summed E-state index contributed by atoms with van der Waals surface area (Å²) in [6, 6.07) is 0. The van der Waals surface area contributed by atoms with Crippen LogP contribution in [0.15, 0.2) is 0 Å². The molecule has 0 saturated heterocycles. The Kier molecular flexibility index (Phi) is 74900. The van der Waals surface area contributed by atoms with E-state index in [1.165, 1.54) is 0 Å². The first-order chi connectivity index (χ1) is 0. The van der Waals surface area contributed by atoms with Crippen LogP contribution in [0, 0.1) is 356 Å². The van der Waals surface area contributed by atoms with Crippen molar-refractivity contribution >= 4 is 0 Å². The Bertz CT molecular complexity index is 36.1. The predicted molar refractivity (Wildman–Crippen MR) is 27.5 cm³/mol. The van der Waals surface area contributed by atoms with E-state index in [4.69, 9.17) is 0 Å². The molecule has 40 nitrogen and oxygen atoms in total. The van der Waals surface area contributed by atoms with Crippen LogP contribution in [0.3, 0.4) is 0 Å². The molecule has 50 heteroatoms. The van der Waals surface area contributed by atoms with E-state index in [0.29, 0.717) is 0 Å². The second-order valence-corrected chi connectivity index (χ2v) is 0. The third-order valence-corrected chi connectivity index (χ3v) is 0. The summed E-state index contributed by atoms with van der Waals surface area (Å²) in [5.74, 6) is 0. The molecule has 0 spiro atoms. The van der Waals surface area contributed by atoms with Gasteiger partial charge in [-0.05, 0) is 0 Å². The van der Waals surface area contributed by atoms with Gasteiger partial charge >= 0.3 is 356 Å². The van der Waals surface area contributed by atoms with Crippen molar-refractivity contribution in [1.29, 1.82) is 0 Å². The molecule has 0 aromatic rings. The van der Waals surface area contributed by atoms with Crippen molar-refractivity contribution in [2.75, 3.05) is 0 Å². The van der Waals surface area contributed by atoms with Gasteiger partial charge in [0.1, 0.15) is 0 Å². The molecule has 0 N–H and O–H groups in total. The predicted octanol–water partition coefficient (Wildman–Crippen LogP) is -4.75. The summed E-state index contributed by atoms with van der Waals surface area (Å²) in [6.45, 7) is 0. The van der Waals surface area contributed by atoms with Gasteiger partial charge in [0.25, 0.3) is 0 Å². The van der Waals surface area contributed by atoms with E-state index in [1.54, 1.807) is 0 Å². The zero-order valence-electron chi connectivity index (χ0n) is 22.1. The molecule has 0 bridgehead atoms. The average molecular weight is 2030 g/mol. The Morgan fingerprint density at radius 3 is 0.0400 bits per heavy atom. The molecular formula is La10O40-50. The van der Waals surface area contributed by atoms with Crippen molar-refractivity contribution < 1.29 is 575 Å². The Morgan fingerprint density at radius 2 is 0.0400 bits per heavy atom. The van der Waals surface area contributed by atoms with Gasteiger partial charge in [0.2, 0.25) is 0 Å². The zero-order valence-corrected chi connectivity index (χ0v) is 58.4. The summed E-state index contributed by atoms with van der Waals surface area (Å²) in [5, 5.41) is 0. The van der Waals surface area contributed by atoms with Gasteiger partial charge in [-0.3, -0.25) is 0 Å². The van der Waals surface area contributed by atoms with Crippen LogP contribution in [0.1, 0.15) is 0 Å². The summed E-state index contributed by atoms with van der Waals surface area (Å²) in [6.07, 6.45) is 0. The van der Waals surface area contributed by atoms with Crippen LogP contribution in [0.2, 0.25) is 0 Å². The van der Waals surface area contributed by atoms with E-state index in [1.807, 2.05) is 0 Å². The summed E-state index contributed by atoms with van der Waals surface area (Å²) in [5.41, 5.74) is 0. The van der Waals surface area contributed by atoms with Crippen molar-refractivity contribution in [1.82, 2.24) is 0 Å². The van der Waals surface area contributed by atoms with Crippen LogP contribution in [0.25, 0.3) is 0 Å². The SMILES string of the molecule is [La+3].[La+3].[La+3].[La+3].[La+3].[La+3].[La+3].[La+3].[La+3].[La+3].[O-2].[O-2].[O-2].[O-2].[O-2].[O-2].[O-2].[O-2].[O-2].[O-2].[O-2].[O-2].[O-2].[O-2].[O-2].[O-2].[O-2].[O-2].[O-2].[O-2].[O-2].[O-2].[O-2].[O-2].[O-2].[O-2].[O-2].[O-2].[O-2].[O-2].[O-2].[O-2].[O-2].[O-2].[O-2].[O-2].[O-2].[O-2].[O-2].[O-2]. The van der Waals surface area contributed by atoms with Gasteiger partial charge in [-0.1, -0.05) is 0 Å². The summed E-state index contributed by atoms with van der Waals surface area (Å²) < 4.78 is 0. The third-order valence-electron chi connectivity index (χ3n) is 0. The van der Waals surface area contributed by atoms with E-state index >= 15 is 0 Å². The van der Waals surface area contributed by atoms with Crippen LogP contribution >= 0.6 is 0 Å². The van der Waals surface area contributed by atoms with Crippen LogP contribution in [-0.2, 0) is 219 Å². The Labute approximate surface area is 562 Å². The van der Waals surface area contributed by atoms with Crippen molar-refractivity contribution in [2.24, 2.45) is 0 Å². The Morgan fingerprint density at radius 1 is 0.0400 bits per heavy atom. The van der Waals surface area contributed by atoms with Gasteiger partial charge < -0.3 is 219 Å². The van der Waals surface area contributed by atoms with Crippen LogP contribution < -0.4 is 0 Å². The molecule has 0 unspecified atom stereocenters. The fraction of sp³-hybridized carbons (Fsp3) is 0. The minimum Gasteiger partial charge on any atom is -2.00 e. The standard InChI is InChI=1S/10La.40O/q10*+3;40*-2. The molecule has 0 aliphatic carbocycles. The largest absolute Gasteiger partial charge is 3.00 e. The molecule has 50 heavy (non-hydrogen) atoms. The molecule has 0 aromatic heterocycles. The average Bonchev–Trinajstić information content (AvgIpc) is 0. The molecule has 0 aromatic carbocycles. The van der Waals surface area contributed by atoms with Crippen LogP contribution in [-0.4, -0.2) is 0 Å². The second-order valence-electron chi connectivity index (χ2n) is 0. The molecule has 0 aliphatic heterocycles. The number of rotatable bonds is 0. The van der Waals surface area contributed by atoms with Crippen LogP contribution in [0.5, 0.6) is 0 Å². The quantitative estimate of drug-likeness (QED) is 0.221. The second kappa shape index (κ2) is 1890. The van der Waals surface area contributed by atoms with Gasteiger partial charge in [0.15, 0.2) is 0 Å². The maximum absolute atomic E-state index is 0. The van der Waals surface area contributed by atoms with E-state index < -0.39 is 0 Å². The molecule has 0 saturated carbocycles. The van der Waals surface area contributed by atoms with Gasteiger partial charge in [-0.25, -0.2) is 0 Å².